The van der Waals surface area contributed by atoms with E-state index in [0.717, 1.165) is 11.1 Å². The van der Waals surface area contributed by atoms with Crippen LogP contribution in [-0.4, -0.2) is 28.2 Å². The standard InChI is InChI=1S/C19H19ClN4O2/c1-12-3-8-16(26-2)15(9-12)21-19(25)11-18-22-17(23-24-18)10-13-4-6-14(20)7-5-13/h3-9H,10-11H2,1-2H3,(H,21,25)(H,22,23,24). The van der Waals surface area contributed by atoms with Gasteiger partial charge in [0.25, 0.3) is 0 Å². The molecule has 0 atom stereocenters. The van der Waals surface area contributed by atoms with E-state index in [1.165, 1.54) is 0 Å². The highest BCUT2D eigenvalue weighted by Crippen LogP contribution is 2.25. The van der Waals surface area contributed by atoms with Crippen LogP contribution in [0.1, 0.15) is 22.8 Å². The van der Waals surface area contributed by atoms with E-state index in [0.29, 0.717) is 34.5 Å². The highest BCUT2D eigenvalue weighted by atomic mass is 35.5. The van der Waals surface area contributed by atoms with Crippen molar-refractivity contribution in [2.75, 3.05) is 12.4 Å². The van der Waals surface area contributed by atoms with Gasteiger partial charge in [-0.2, -0.15) is 5.10 Å². The molecule has 3 aromatic rings. The number of ether oxygens (including phenoxy) is 1. The van der Waals surface area contributed by atoms with Gasteiger partial charge in [0.2, 0.25) is 5.91 Å². The lowest BCUT2D eigenvalue weighted by Gasteiger charge is -2.10. The molecule has 134 valence electrons. The number of halogens is 1. The highest BCUT2D eigenvalue weighted by molar-refractivity contribution is 6.30. The van der Waals surface area contributed by atoms with Crippen molar-refractivity contribution in [2.24, 2.45) is 0 Å². The molecular formula is C19H19ClN4O2. The fraction of sp³-hybridized carbons (Fsp3) is 0.211. The van der Waals surface area contributed by atoms with Crippen LogP contribution in [0.4, 0.5) is 5.69 Å². The minimum absolute atomic E-state index is 0.0776. The van der Waals surface area contributed by atoms with Gasteiger partial charge in [-0.3, -0.25) is 9.89 Å². The van der Waals surface area contributed by atoms with Gasteiger partial charge in [-0.15, -0.1) is 0 Å². The number of anilines is 1. The molecule has 0 unspecified atom stereocenters. The zero-order valence-corrected chi connectivity index (χ0v) is 15.3. The molecule has 26 heavy (non-hydrogen) atoms. The number of aromatic amines is 1. The summed E-state index contributed by atoms with van der Waals surface area (Å²) in [6.07, 6.45) is 0.672. The van der Waals surface area contributed by atoms with E-state index in [-0.39, 0.29) is 12.3 Å². The lowest BCUT2D eigenvalue weighted by molar-refractivity contribution is -0.115. The van der Waals surface area contributed by atoms with Gasteiger partial charge in [0, 0.05) is 11.4 Å². The van der Waals surface area contributed by atoms with Crippen molar-refractivity contribution in [3.63, 3.8) is 0 Å². The van der Waals surface area contributed by atoms with E-state index in [1.54, 1.807) is 7.11 Å². The van der Waals surface area contributed by atoms with Gasteiger partial charge >= 0.3 is 0 Å². The Morgan fingerprint density at radius 2 is 2.00 bits per heavy atom. The summed E-state index contributed by atoms with van der Waals surface area (Å²) in [5.74, 6) is 1.55. The summed E-state index contributed by atoms with van der Waals surface area (Å²) in [6, 6.07) is 13.1. The van der Waals surface area contributed by atoms with Gasteiger partial charge in [-0.25, -0.2) is 4.98 Å². The van der Waals surface area contributed by atoms with Gasteiger partial charge in [-0.05, 0) is 42.3 Å². The fourth-order valence-electron chi connectivity index (χ4n) is 2.55. The van der Waals surface area contributed by atoms with Crippen LogP contribution in [0.15, 0.2) is 42.5 Å². The Labute approximate surface area is 156 Å². The van der Waals surface area contributed by atoms with Crippen molar-refractivity contribution >= 4 is 23.2 Å². The predicted molar refractivity (Wildman–Crippen MR) is 101 cm³/mol. The Hall–Kier alpha value is -2.86. The van der Waals surface area contributed by atoms with Crippen LogP contribution in [-0.2, 0) is 17.6 Å². The van der Waals surface area contributed by atoms with Crippen LogP contribution < -0.4 is 10.1 Å². The molecule has 0 radical (unpaired) electrons. The molecule has 1 aromatic heterocycles. The maximum absolute atomic E-state index is 12.3. The van der Waals surface area contributed by atoms with Crippen LogP contribution in [0.2, 0.25) is 5.02 Å². The molecule has 1 heterocycles. The fourth-order valence-corrected chi connectivity index (χ4v) is 2.67. The number of amides is 1. The van der Waals surface area contributed by atoms with E-state index in [2.05, 4.69) is 20.5 Å². The normalized spacial score (nSPS) is 10.6. The number of rotatable bonds is 6. The summed E-state index contributed by atoms with van der Waals surface area (Å²) in [6.45, 7) is 1.95. The second-order valence-corrected chi connectivity index (χ2v) is 6.37. The van der Waals surface area contributed by atoms with Crippen molar-refractivity contribution in [1.82, 2.24) is 15.2 Å². The van der Waals surface area contributed by atoms with Crippen LogP contribution in [0.25, 0.3) is 0 Å². The number of carbonyl (C=O) groups is 1. The van der Waals surface area contributed by atoms with Gasteiger partial charge in [0.05, 0.1) is 19.2 Å². The Kier molecular flexibility index (Phi) is 5.53. The van der Waals surface area contributed by atoms with Gasteiger partial charge < -0.3 is 10.1 Å². The quantitative estimate of drug-likeness (QED) is 0.695. The largest absolute Gasteiger partial charge is 0.495 e. The lowest BCUT2D eigenvalue weighted by Crippen LogP contribution is -2.16. The minimum atomic E-state index is -0.203. The average molecular weight is 371 g/mol. The van der Waals surface area contributed by atoms with Gasteiger partial charge in [-0.1, -0.05) is 29.8 Å². The van der Waals surface area contributed by atoms with E-state index in [1.807, 2.05) is 49.4 Å². The van der Waals surface area contributed by atoms with E-state index >= 15 is 0 Å². The van der Waals surface area contributed by atoms with E-state index < -0.39 is 0 Å². The molecule has 2 aromatic carbocycles. The molecule has 0 fully saturated rings. The van der Waals surface area contributed by atoms with Crippen molar-refractivity contribution in [3.8, 4) is 5.75 Å². The summed E-state index contributed by atoms with van der Waals surface area (Å²) < 4.78 is 5.27. The average Bonchev–Trinajstić information content (AvgIpc) is 3.04. The maximum Gasteiger partial charge on any atom is 0.232 e. The van der Waals surface area contributed by atoms with Crippen molar-refractivity contribution < 1.29 is 9.53 Å². The number of methoxy groups -OCH3 is 1. The van der Waals surface area contributed by atoms with Crippen molar-refractivity contribution in [1.29, 1.82) is 0 Å². The molecule has 3 rings (SSSR count). The Bertz CT molecular complexity index is 906. The number of nitrogens with zero attached hydrogens (tertiary/aromatic N) is 2. The summed E-state index contributed by atoms with van der Waals surface area (Å²) in [7, 11) is 1.57. The smallest absolute Gasteiger partial charge is 0.232 e. The predicted octanol–water partition coefficient (Wildman–Crippen LogP) is 3.55. The molecule has 0 saturated carbocycles. The first-order chi connectivity index (χ1) is 12.5. The SMILES string of the molecule is COc1ccc(C)cc1NC(=O)Cc1n[nH]c(Cc2ccc(Cl)cc2)n1. The molecule has 0 aliphatic heterocycles. The second-order valence-electron chi connectivity index (χ2n) is 5.93. The summed E-state index contributed by atoms with van der Waals surface area (Å²) in [4.78, 5) is 16.7. The van der Waals surface area contributed by atoms with Crippen molar-refractivity contribution in [2.45, 2.75) is 19.8 Å². The molecular weight excluding hydrogens is 352 g/mol. The first-order valence-electron chi connectivity index (χ1n) is 8.12. The van der Waals surface area contributed by atoms with Gasteiger partial charge in [0.15, 0.2) is 5.82 Å². The number of aromatic nitrogens is 3. The number of hydrogen-bond donors (Lipinski definition) is 2. The maximum atomic E-state index is 12.3. The first kappa shape index (κ1) is 17.9. The second kappa shape index (κ2) is 8.01. The molecule has 0 spiro atoms. The van der Waals surface area contributed by atoms with E-state index in [4.69, 9.17) is 16.3 Å². The summed E-state index contributed by atoms with van der Waals surface area (Å²) >= 11 is 5.88. The van der Waals surface area contributed by atoms with Crippen LogP contribution >= 0.6 is 11.6 Å². The number of H-pyrrole nitrogens is 1. The first-order valence-corrected chi connectivity index (χ1v) is 8.50. The number of nitrogens with one attached hydrogen (secondary N) is 2. The van der Waals surface area contributed by atoms with Crippen LogP contribution in [0.5, 0.6) is 5.75 Å². The molecule has 1 amide bonds. The minimum Gasteiger partial charge on any atom is -0.495 e. The molecule has 6 nitrogen and oxygen atoms in total. The third kappa shape index (κ3) is 4.61. The van der Waals surface area contributed by atoms with Crippen LogP contribution in [0.3, 0.4) is 0 Å². The third-order valence-electron chi connectivity index (χ3n) is 3.81. The Balaban J connectivity index is 1.62. The van der Waals surface area contributed by atoms with Gasteiger partial charge in [0.1, 0.15) is 11.6 Å². The van der Waals surface area contributed by atoms with E-state index in [9.17, 15) is 4.79 Å². The Morgan fingerprint density at radius 3 is 2.73 bits per heavy atom. The molecule has 0 saturated heterocycles. The van der Waals surface area contributed by atoms with Crippen molar-refractivity contribution in [3.05, 3.63) is 70.3 Å². The third-order valence-corrected chi connectivity index (χ3v) is 4.06. The number of hydrogen-bond acceptors (Lipinski definition) is 4. The Morgan fingerprint density at radius 1 is 1.23 bits per heavy atom. The molecule has 2 N–H and O–H groups in total. The summed E-state index contributed by atoms with van der Waals surface area (Å²) in [5, 5.41) is 10.5. The lowest BCUT2D eigenvalue weighted by atomic mass is 10.1. The zero-order chi connectivity index (χ0) is 18.5. The topological polar surface area (TPSA) is 79.9 Å². The molecule has 0 aliphatic carbocycles. The number of carbonyl (C=O) groups excluding carboxylic acids is 1. The number of aryl methyl sites for hydroxylation is 1. The number of benzene rings is 2. The molecule has 0 aliphatic rings. The molecule has 7 heteroatoms. The molecule has 0 bridgehead atoms. The van der Waals surface area contributed by atoms with Crippen LogP contribution in [0, 0.1) is 6.92 Å². The summed E-state index contributed by atoms with van der Waals surface area (Å²) in [5.41, 5.74) is 2.73. The zero-order valence-electron chi connectivity index (χ0n) is 14.5. The highest BCUT2D eigenvalue weighted by Gasteiger charge is 2.12. The monoisotopic (exact) mass is 370 g/mol.